The van der Waals surface area contributed by atoms with Crippen molar-refractivity contribution in [3.63, 3.8) is 0 Å². The molecule has 0 fully saturated rings. The minimum atomic E-state index is -1.61. The van der Waals surface area contributed by atoms with Gasteiger partial charge in [-0.3, -0.25) is 4.79 Å². The van der Waals surface area contributed by atoms with E-state index in [2.05, 4.69) is 5.32 Å². The molecule has 2 aromatic carbocycles. The van der Waals surface area contributed by atoms with Crippen molar-refractivity contribution in [3.8, 4) is 0 Å². The summed E-state index contributed by atoms with van der Waals surface area (Å²) in [6.07, 6.45) is -1.61. The Balaban J connectivity index is 2.26. The first-order valence-corrected chi connectivity index (χ1v) is 7.49. The molecule has 126 valence electrons. The van der Waals surface area contributed by atoms with Crippen LogP contribution in [-0.4, -0.2) is 29.7 Å². The smallest absolute Gasteiger partial charge is 0.337 e. The summed E-state index contributed by atoms with van der Waals surface area (Å²) in [4.78, 5) is 24.2. The lowest BCUT2D eigenvalue weighted by molar-refractivity contribution is -0.154. The molecule has 0 saturated carbocycles. The fourth-order valence-electron chi connectivity index (χ4n) is 2.19. The van der Waals surface area contributed by atoms with Crippen molar-refractivity contribution in [2.45, 2.75) is 19.1 Å². The average molecular weight is 331 g/mol. The van der Waals surface area contributed by atoms with Crippen LogP contribution in [0.1, 0.15) is 28.9 Å². The maximum absolute atomic E-state index is 13.1. The Hall–Kier alpha value is -2.73. The molecule has 0 saturated heterocycles. The Morgan fingerprint density at radius 3 is 2.33 bits per heavy atom. The van der Waals surface area contributed by atoms with Gasteiger partial charge in [-0.05, 0) is 36.8 Å². The number of benzene rings is 2. The highest BCUT2D eigenvalue weighted by molar-refractivity contribution is 5.94. The zero-order valence-corrected chi connectivity index (χ0v) is 13.1. The lowest BCUT2D eigenvalue weighted by Crippen LogP contribution is -2.41. The van der Waals surface area contributed by atoms with Crippen LogP contribution in [0.25, 0.3) is 0 Å². The summed E-state index contributed by atoms with van der Waals surface area (Å²) in [5.74, 6) is -1.79. The van der Waals surface area contributed by atoms with Gasteiger partial charge in [0, 0.05) is 5.56 Å². The third-order valence-electron chi connectivity index (χ3n) is 3.40. The SMILES string of the molecule is CCOC(=O)[C@@H](O)[C@@H](NC(=O)c1ccccc1)c1ccc(F)cc1. The van der Waals surface area contributed by atoms with Gasteiger partial charge >= 0.3 is 5.97 Å². The van der Waals surface area contributed by atoms with E-state index in [0.717, 1.165) is 0 Å². The van der Waals surface area contributed by atoms with Gasteiger partial charge in [0.15, 0.2) is 6.10 Å². The second-order valence-electron chi connectivity index (χ2n) is 5.07. The molecule has 0 heterocycles. The zero-order valence-electron chi connectivity index (χ0n) is 13.1. The van der Waals surface area contributed by atoms with E-state index < -0.39 is 29.8 Å². The van der Waals surface area contributed by atoms with Gasteiger partial charge in [0.25, 0.3) is 5.91 Å². The van der Waals surface area contributed by atoms with Crippen molar-refractivity contribution in [3.05, 3.63) is 71.5 Å². The summed E-state index contributed by atoms with van der Waals surface area (Å²) in [6.45, 7) is 1.71. The molecule has 0 aliphatic heterocycles. The van der Waals surface area contributed by atoms with Crippen molar-refractivity contribution in [2.24, 2.45) is 0 Å². The topological polar surface area (TPSA) is 75.6 Å². The van der Waals surface area contributed by atoms with Crippen LogP contribution >= 0.6 is 0 Å². The van der Waals surface area contributed by atoms with Crippen molar-refractivity contribution >= 4 is 11.9 Å². The van der Waals surface area contributed by atoms with Crippen LogP contribution in [0.2, 0.25) is 0 Å². The van der Waals surface area contributed by atoms with Crippen LogP contribution in [0.3, 0.4) is 0 Å². The van der Waals surface area contributed by atoms with E-state index >= 15 is 0 Å². The molecule has 1 amide bonds. The molecular formula is C18H18FNO4. The molecule has 0 radical (unpaired) electrons. The predicted octanol–water partition coefficient (Wildman–Crippen LogP) is 2.22. The second kappa shape index (κ2) is 8.21. The summed E-state index contributed by atoms with van der Waals surface area (Å²) in [6, 6.07) is 12.5. The van der Waals surface area contributed by atoms with E-state index in [4.69, 9.17) is 4.74 Å². The van der Waals surface area contributed by atoms with E-state index in [1.165, 1.54) is 24.3 Å². The first-order valence-electron chi connectivity index (χ1n) is 7.49. The number of aliphatic hydroxyl groups is 1. The first-order chi connectivity index (χ1) is 11.5. The van der Waals surface area contributed by atoms with Crippen molar-refractivity contribution in [1.82, 2.24) is 5.32 Å². The van der Waals surface area contributed by atoms with Crippen LogP contribution in [-0.2, 0) is 9.53 Å². The predicted molar refractivity (Wildman–Crippen MR) is 85.7 cm³/mol. The number of aliphatic hydroxyl groups excluding tert-OH is 1. The molecule has 0 aromatic heterocycles. The quantitative estimate of drug-likeness (QED) is 0.796. The number of halogens is 1. The Bertz CT molecular complexity index is 688. The molecular weight excluding hydrogens is 313 g/mol. The average Bonchev–Trinajstić information content (AvgIpc) is 2.60. The van der Waals surface area contributed by atoms with E-state index in [9.17, 15) is 19.1 Å². The molecule has 0 bridgehead atoms. The zero-order chi connectivity index (χ0) is 17.5. The Kier molecular flexibility index (Phi) is 6.03. The van der Waals surface area contributed by atoms with Gasteiger partial charge in [0.1, 0.15) is 5.82 Å². The van der Waals surface area contributed by atoms with E-state index in [0.29, 0.717) is 11.1 Å². The number of ether oxygens (including phenoxy) is 1. The fourth-order valence-corrected chi connectivity index (χ4v) is 2.19. The number of amides is 1. The molecule has 0 spiro atoms. The summed E-state index contributed by atoms with van der Waals surface area (Å²) in [5.41, 5.74) is 0.766. The summed E-state index contributed by atoms with van der Waals surface area (Å²) in [5, 5.41) is 12.8. The summed E-state index contributed by atoms with van der Waals surface area (Å²) < 4.78 is 17.9. The summed E-state index contributed by atoms with van der Waals surface area (Å²) in [7, 11) is 0. The number of carbonyl (C=O) groups excluding carboxylic acids is 2. The fraction of sp³-hybridized carbons (Fsp3) is 0.222. The van der Waals surface area contributed by atoms with Crippen molar-refractivity contribution < 1.29 is 23.8 Å². The maximum Gasteiger partial charge on any atom is 0.337 e. The third-order valence-corrected chi connectivity index (χ3v) is 3.40. The Morgan fingerprint density at radius 2 is 1.75 bits per heavy atom. The van der Waals surface area contributed by atoms with E-state index in [-0.39, 0.29) is 6.61 Å². The van der Waals surface area contributed by atoms with Gasteiger partial charge in [-0.2, -0.15) is 0 Å². The highest BCUT2D eigenvalue weighted by Gasteiger charge is 2.30. The molecule has 0 aliphatic carbocycles. The Labute approximate surface area is 139 Å². The van der Waals surface area contributed by atoms with Crippen LogP contribution in [0, 0.1) is 5.82 Å². The molecule has 2 atom stereocenters. The van der Waals surface area contributed by atoms with Crippen molar-refractivity contribution in [1.29, 1.82) is 0 Å². The standard InChI is InChI=1S/C18H18FNO4/c1-2-24-18(23)16(21)15(12-8-10-14(19)11-9-12)20-17(22)13-6-4-3-5-7-13/h3-11,15-16,21H,2H2,1H3,(H,20,22)/t15-,16-/m0/s1. The molecule has 2 N–H and O–H groups in total. The number of nitrogens with one attached hydrogen (secondary N) is 1. The molecule has 0 aliphatic rings. The normalized spacial score (nSPS) is 13.0. The molecule has 2 aromatic rings. The van der Waals surface area contributed by atoms with E-state index in [1.807, 2.05) is 0 Å². The minimum Gasteiger partial charge on any atom is -0.464 e. The minimum absolute atomic E-state index is 0.0959. The van der Waals surface area contributed by atoms with Crippen LogP contribution in [0.4, 0.5) is 4.39 Å². The summed E-state index contributed by atoms with van der Waals surface area (Å²) >= 11 is 0. The van der Waals surface area contributed by atoms with Gasteiger partial charge in [-0.25, -0.2) is 9.18 Å². The Morgan fingerprint density at radius 1 is 1.12 bits per heavy atom. The molecule has 24 heavy (non-hydrogen) atoms. The molecule has 5 nitrogen and oxygen atoms in total. The lowest BCUT2D eigenvalue weighted by Gasteiger charge is -2.23. The number of hydrogen-bond acceptors (Lipinski definition) is 4. The van der Waals surface area contributed by atoms with E-state index in [1.54, 1.807) is 37.3 Å². The monoisotopic (exact) mass is 331 g/mol. The van der Waals surface area contributed by atoms with Gasteiger partial charge in [-0.1, -0.05) is 30.3 Å². The van der Waals surface area contributed by atoms with Gasteiger partial charge in [0.05, 0.1) is 12.6 Å². The van der Waals surface area contributed by atoms with Crippen LogP contribution < -0.4 is 5.32 Å². The molecule has 2 rings (SSSR count). The number of hydrogen-bond donors (Lipinski definition) is 2. The highest BCUT2D eigenvalue weighted by Crippen LogP contribution is 2.19. The number of esters is 1. The van der Waals surface area contributed by atoms with Gasteiger partial charge in [-0.15, -0.1) is 0 Å². The van der Waals surface area contributed by atoms with Gasteiger partial charge < -0.3 is 15.2 Å². The van der Waals surface area contributed by atoms with Crippen LogP contribution in [0.15, 0.2) is 54.6 Å². The first kappa shape index (κ1) is 17.6. The molecule has 0 unspecified atom stereocenters. The maximum atomic E-state index is 13.1. The molecule has 6 heteroatoms. The number of rotatable bonds is 6. The van der Waals surface area contributed by atoms with Crippen molar-refractivity contribution in [2.75, 3.05) is 6.61 Å². The van der Waals surface area contributed by atoms with Crippen LogP contribution in [0.5, 0.6) is 0 Å². The second-order valence-corrected chi connectivity index (χ2v) is 5.07. The highest BCUT2D eigenvalue weighted by atomic mass is 19.1. The largest absolute Gasteiger partial charge is 0.464 e. The van der Waals surface area contributed by atoms with Gasteiger partial charge in [0.2, 0.25) is 0 Å². The lowest BCUT2D eigenvalue weighted by atomic mass is 10.0. The third kappa shape index (κ3) is 4.39. The number of carbonyl (C=O) groups is 2.